The summed E-state index contributed by atoms with van der Waals surface area (Å²) in [5, 5.41) is 1.77. The molecule has 19 heavy (non-hydrogen) atoms. The molecular weight excluding hydrogens is 370 g/mol. The summed E-state index contributed by atoms with van der Waals surface area (Å²) in [5.74, 6) is 0.647. The zero-order valence-corrected chi connectivity index (χ0v) is 13.8. The van der Waals surface area contributed by atoms with Gasteiger partial charge in [-0.3, -0.25) is 0 Å². The van der Waals surface area contributed by atoms with Gasteiger partial charge in [0.2, 0.25) is 0 Å². The van der Waals surface area contributed by atoms with E-state index in [1.165, 1.54) is 0 Å². The van der Waals surface area contributed by atoms with Crippen molar-refractivity contribution in [2.75, 3.05) is 7.11 Å². The van der Waals surface area contributed by atoms with Gasteiger partial charge in [0.15, 0.2) is 0 Å². The fourth-order valence-electron chi connectivity index (χ4n) is 1.75. The SMILES string of the molecule is COc1ccc(C(Br)c2cc(Cl)cc(Cl)c2)cc1Cl. The lowest BCUT2D eigenvalue weighted by Crippen LogP contribution is -1.94. The lowest BCUT2D eigenvalue weighted by molar-refractivity contribution is 0.415. The summed E-state index contributed by atoms with van der Waals surface area (Å²) in [6, 6.07) is 11.1. The van der Waals surface area contributed by atoms with Gasteiger partial charge in [0.05, 0.1) is 17.0 Å². The molecule has 2 aromatic rings. The number of rotatable bonds is 3. The predicted octanol–water partition coefficient (Wildman–Crippen LogP) is 6.14. The Bertz CT molecular complexity index is 581. The first kappa shape index (κ1) is 15.0. The van der Waals surface area contributed by atoms with Crippen LogP contribution in [0.5, 0.6) is 5.75 Å². The zero-order valence-electron chi connectivity index (χ0n) is 9.96. The normalized spacial score (nSPS) is 12.3. The van der Waals surface area contributed by atoms with Crippen molar-refractivity contribution in [2.24, 2.45) is 0 Å². The van der Waals surface area contributed by atoms with Crippen LogP contribution in [-0.4, -0.2) is 7.11 Å². The Balaban J connectivity index is 2.38. The van der Waals surface area contributed by atoms with Crippen molar-refractivity contribution in [3.05, 3.63) is 62.6 Å². The van der Waals surface area contributed by atoms with Crippen LogP contribution in [0.3, 0.4) is 0 Å². The molecule has 0 aliphatic heterocycles. The smallest absolute Gasteiger partial charge is 0.137 e. The second-order valence-corrected chi connectivity index (χ2v) is 6.16. The molecule has 1 unspecified atom stereocenters. The summed E-state index contributed by atoms with van der Waals surface area (Å²) in [6.07, 6.45) is 0. The molecule has 0 saturated carbocycles. The van der Waals surface area contributed by atoms with Crippen LogP contribution in [0, 0.1) is 0 Å². The number of methoxy groups -OCH3 is 1. The molecule has 5 heteroatoms. The maximum atomic E-state index is 6.13. The van der Waals surface area contributed by atoms with Crippen molar-refractivity contribution >= 4 is 50.7 Å². The van der Waals surface area contributed by atoms with Crippen LogP contribution >= 0.6 is 50.7 Å². The van der Waals surface area contributed by atoms with E-state index in [9.17, 15) is 0 Å². The van der Waals surface area contributed by atoms with Crippen LogP contribution in [0.4, 0.5) is 0 Å². The van der Waals surface area contributed by atoms with Crippen molar-refractivity contribution in [1.29, 1.82) is 0 Å². The monoisotopic (exact) mass is 378 g/mol. The van der Waals surface area contributed by atoms with Gasteiger partial charge in [-0.2, -0.15) is 0 Å². The highest BCUT2D eigenvalue weighted by molar-refractivity contribution is 9.09. The van der Waals surface area contributed by atoms with E-state index in [1.54, 1.807) is 13.2 Å². The lowest BCUT2D eigenvalue weighted by Gasteiger charge is -2.13. The van der Waals surface area contributed by atoms with Crippen LogP contribution in [0.2, 0.25) is 15.1 Å². The molecule has 0 aliphatic rings. The molecule has 0 N–H and O–H groups in total. The Hall–Kier alpha value is -0.410. The Morgan fingerprint density at radius 3 is 2.11 bits per heavy atom. The molecule has 0 heterocycles. The molecule has 2 aromatic carbocycles. The predicted molar refractivity (Wildman–Crippen MR) is 85.2 cm³/mol. The molecule has 2 rings (SSSR count). The first-order valence-electron chi connectivity index (χ1n) is 5.44. The van der Waals surface area contributed by atoms with Crippen molar-refractivity contribution in [3.8, 4) is 5.75 Å². The number of ether oxygens (including phenoxy) is 1. The van der Waals surface area contributed by atoms with E-state index in [0.717, 1.165) is 11.1 Å². The Kier molecular flexibility index (Phi) is 5.02. The molecule has 0 saturated heterocycles. The molecule has 1 nitrogen and oxygen atoms in total. The van der Waals surface area contributed by atoms with E-state index in [2.05, 4.69) is 15.9 Å². The van der Waals surface area contributed by atoms with Gasteiger partial charge in [0.25, 0.3) is 0 Å². The van der Waals surface area contributed by atoms with Gasteiger partial charge in [-0.25, -0.2) is 0 Å². The molecule has 100 valence electrons. The summed E-state index contributed by atoms with van der Waals surface area (Å²) in [7, 11) is 1.59. The van der Waals surface area contributed by atoms with Crippen molar-refractivity contribution in [1.82, 2.24) is 0 Å². The molecule has 0 radical (unpaired) electrons. The molecule has 0 bridgehead atoms. The van der Waals surface area contributed by atoms with Gasteiger partial charge in [-0.05, 0) is 41.5 Å². The molecule has 0 aromatic heterocycles. The molecule has 0 spiro atoms. The van der Waals surface area contributed by atoms with E-state index < -0.39 is 0 Å². The lowest BCUT2D eigenvalue weighted by atomic mass is 10.0. The first-order chi connectivity index (χ1) is 9.01. The van der Waals surface area contributed by atoms with Gasteiger partial charge in [0.1, 0.15) is 5.75 Å². The third-order valence-corrected chi connectivity index (χ3v) is 4.44. The fourth-order valence-corrected chi connectivity index (χ4v) is 3.11. The van der Waals surface area contributed by atoms with E-state index in [0.29, 0.717) is 20.8 Å². The Labute approximate surface area is 135 Å². The summed E-state index contributed by atoms with van der Waals surface area (Å²) < 4.78 is 5.13. The van der Waals surface area contributed by atoms with E-state index >= 15 is 0 Å². The number of hydrogen-bond donors (Lipinski definition) is 0. The van der Waals surface area contributed by atoms with Gasteiger partial charge in [-0.1, -0.05) is 56.8 Å². The fraction of sp³-hybridized carbons (Fsp3) is 0.143. The summed E-state index contributed by atoms with van der Waals surface area (Å²) in [4.78, 5) is -0.0351. The van der Waals surface area contributed by atoms with Crippen LogP contribution < -0.4 is 4.74 Å². The molecule has 0 aliphatic carbocycles. The number of alkyl halides is 1. The van der Waals surface area contributed by atoms with E-state index in [4.69, 9.17) is 39.5 Å². The van der Waals surface area contributed by atoms with E-state index in [1.807, 2.05) is 30.3 Å². The number of benzene rings is 2. The van der Waals surface area contributed by atoms with Crippen molar-refractivity contribution < 1.29 is 4.74 Å². The highest BCUT2D eigenvalue weighted by atomic mass is 79.9. The van der Waals surface area contributed by atoms with Crippen LogP contribution in [0.25, 0.3) is 0 Å². The van der Waals surface area contributed by atoms with Gasteiger partial charge >= 0.3 is 0 Å². The summed E-state index contributed by atoms with van der Waals surface area (Å²) in [5.41, 5.74) is 1.97. The summed E-state index contributed by atoms with van der Waals surface area (Å²) >= 11 is 21.8. The topological polar surface area (TPSA) is 9.23 Å². The van der Waals surface area contributed by atoms with Crippen LogP contribution in [0.1, 0.15) is 16.0 Å². The van der Waals surface area contributed by atoms with Crippen molar-refractivity contribution in [2.45, 2.75) is 4.83 Å². The van der Waals surface area contributed by atoms with Crippen LogP contribution in [0.15, 0.2) is 36.4 Å². The minimum absolute atomic E-state index is 0.0351. The minimum Gasteiger partial charge on any atom is -0.495 e. The van der Waals surface area contributed by atoms with Gasteiger partial charge in [-0.15, -0.1) is 0 Å². The third-order valence-electron chi connectivity index (χ3n) is 2.65. The standard InChI is InChI=1S/C14H10BrCl3O/c1-19-13-3-2-8(6-12(13)18)14(15)9-4-10(16)7-11(17)5-9/h2-7,14H,1H3. The van der Waals surface area contributed by atoms with Crippen molar-refractivity contribution in [3.63, 3.8) is 0 Å². The second-order valence-electron chi connectivity index (χ2n) is 3.96. The highest BCUT2D eigenvalue weighted by Gasteiger charge is 2.13. The largest absolute Gasteiger partial charge is 0.495 e. The number of hydrogen-bond acceptors (Lipinski definition) is 1. The number of halogens is 4. The average Bonchev–Trinajstić information content (AvgIpc) is 2.36. The minimum atomic E-state index is -0.0351. The Morgan fingerprint density at radius 2 is 1.58 bits per heavy atom. The second kappa shape index (κ2) is 6.36. The average molecular weight is 380 g/mol. The van der Waals surface area contributed by atoms with E-state index in [-0.39, 0.29) is 4.83 Å². The maximum absolute atomic E-state index is 6.13. The Morgan fingerprint density at radius 1 is 0.947 bits per heavy atom. The molecule has 0 fully saturated rings. The first-order valence-corrected chi connectivity index (χ1v) is 7.49. The van der Waals surface area contributed by atoms with Crippen LogP contribution in [-0.2, 0) is 0 Å². The zero-order chi connectivity index (χ0) is 14.0. The van der Waals surface area contributed by atoms with Gasteiger partial charge < -0.3 is 4.74 Å². The quantitative estimate of drug-likeness (QED) is 0.581. The summed E-state index contributed by atoms with van der Waals surface area (Å²) in [6.45, 7) is 0. The molecule has 0 amide bonds. The highest BCUT2D eigenvalue weighted by Crippen LogP contribution is 2.37. The molecular formula is C14H10BrCl3O. The maximum Gasteiger partial charge on any atom is 0.137 e. The van der Waals surface area contributed by atoms with Gasteiger partial charge in [0, 0.05) is 10.0 Å². The molecule has 1 atom stereocenters. The third kappa shape index (κ3) is 3.57.